The maximum atomic E-state index is 11.9. The molecule has 1 N–H and O–H groups in total. The molecule has 1 heterocycles. The molecular weight excluding hydrogens is 254 g/mol. The van der Waals surface area contributed by atoms with Gasteiger partial charge in [-0.3, -0.25) is 0 Å². The molecule has 1 aromatic rings. The van der Waals surface area contributed by atoms with Gasteiger partial charge in [-0.05, 0) is 36.7 Å². The molecule has 3 rings (SSSR count). The molecule has 1 amide bonds. The third kappa shape index (κ3) is 2.80. The van der Waals surface area contributed by atoms with Gasteiger partial charge in [0.25, 0.3) is 0 Å². The number of carbonyl (C=O) groups is 1. The van der Waals surface area contributed by atoms with E-state index >= 15 is 0 Å². The first-order valence-electron chi connectivity index (χ1n) is 7.33. The van der Waals surface area contributed by atoms with Crippen LogP contribution in [0.2, 0.25) is 0 Å². The lowest BCUT2D eigenvalue weighted by atomic mass is 9.60. The van der Waals surface area contributed by atoms with Crippen LogP contribution in [0.25, 0.3) is 0 Å². The van der Waals surface area contributed by atoms with Crippen molar-refractivity contribution in [1.82, 2.24) is 5.32 Å². The normalized spacial score (nSPS) is 23.9. The molecule has 20 heavy (non-hydrogen) atoms. The van der Waals surface area contributed by atoms with Crippen molar-refractivity contribution >= 4 is 6.09 Å². The fourth-order valence-electron chi connectivity index (χ4n) is 3.21. The summed E-state index contributed by atoms with van der Waals surface area (Å²) >= 11 is 0. The van der Waals surface area contributed by atoms with Crippen molar-refractivity contribution < 1.29 is 14.3 Å². The Morgan fingerprint density at radius 3 is 2.65 bits per heavy atom. The smallest absolute Gasteiger partial charge is 0.407 e. The number of alkyl carbamates (subject to hydrolysis) is 1. The highest BCUT2D eigenvalue weighted by Gasteiger charge is 2.48. The quantitative estimate of drug-likeness (QED) is 0.922. The predicted octanol–water partition coefficient (Wildman–Crippen LogP) is 2.87. The highest BCUT2D eigenvalue weighted by Crippen LogP contribution is 2.48. The molecule has 0 radical (unpaired) electrons. The first-order valence-corrected chi connectivity index (χ1v) is 7.33. The summed E-state index contributed by atoms with van der Waals surface area (Å²) in [5.41, 5.74) is 1.28. The van der Waals surface area contributed by atoms with Crippen molar-refractivity contribution in [2.75, 3.05) is 13.2 Å². The summed E-state index contributed by atoms with van der Waals surface area (Å²) in [4.78, 5) is 11.9. The fraction of sp³-hybridized carbons (Fsp3) is 0.562. The van der Waals surface area contributed by atoms with Crippen molar-refractivity contribution in [2.24, 2.45) is 5.41 Å². The maximum absolute atomic E-state index is 11.9. The largest absolute Gasteiger partial charge is 0.445 e. The van der Waals surface area contributed by atoms with Crippen molar-refractivity contribution in [1.29, 1.82) is 0 Å². The third-order valence-electron chi connectivity index (χ3n) is 4.66. The standard InChI is InChI=1S/C16H21NO3/c18-15(20-12-13-4-2-1-3-5-13)17-14-6-7-16(14)8-10-19-11-9-16/h1-5,14H,6-12H2,(H,17,18). The zero-order valence-electron chi connectivity index (χ0n) is 11.6. The van der Waals surface area contributed by atoms with Gasteiger partial charge in [0.15, 0.2) is 0 Å². The van der Waals surface area contributed by atoms with E-state index in [-0.39, 0.29) is 17.6 Å². The minimum Gasteiger partial charge on any atom is -0.445 e. The number of amides is 1. The molecule has 2 fully saturated rings. The summed E-state index contributed by atoms with van der Waals surface area (Å²) in [7, 11) is 0. The Balaban J connectivity index is 1.47. The van der Waals surface area contributed by atoms with E-state index in [0.717, 1.165) is 38.0 Å². The van der Waals surface area contributed by atoms with Crippen LogP contribution in [0.1, 0.15) is 31.2 Å². The van der Waals surface area contributed by atoms with Gasteiger partial charge >= 0.3 is 6.09 Å². The molecule has 0 bridgehead atoms. The van der Waals surface area contributed by atoms with E-state index in [4.69, 9.17) is 9.47 Å². The van der Waals surface area contributed by atoms with Gasteiger partial charge in [0.05, 0.1) is 0 Å². The lowest BCUT2D eigenvalue weighted by Gasteiger charge is -2.51. The number of hydrogen-bond donors (Lipinski definition) is 1. The van der Waals surface area contributed by atoms with Crippen LogP contribution >= 0.6 is 0 Å². The van der Waals surface area contributed by atoms with Gasteiger partial charge in [0, 0.05) is 19.3 Å². The first kappa shape index (κ1) is 13.4. The van der Waals surface area contributed by atoms with Crippen molar-refractivity contribution in [3.05, 3.63) is 35.9 Å². The summed E-state index contributed by atoms with van der Waals surface area (Å²) < 4.78 is 10.7. The van der Waals surface area contributed by atoms with E-state index in [1.807, 2.05) is 30.3 Å². The van der Waals surface area contributed by atoms with Gasteiger partial charge in [0.2, 0.25) is 0 Å². The summed E-state index contributed by atoms with van der Waals surface area (Å²) in [6.45, 7) is 1.96. The monoisotopic (exact) mass is 275 g/mol. The van der Waals surface area contributed by atoms with Gasteiger partial charge in [-0.1, -0.05) is 30.3 Å². The molecular formula is C16H21NO3. The van der Waals surface area contributed by atoms with E-state index < -0.39 is 0 Å². The van der Waals surface area contributed by atoms with E-state index in [1.165, 1.54) is 6.42 Å². The minimum atomic E-state index is -0.301. The van der Waals surface area contributed by atoms with Crippen molar-refractivity contribution in [2.45, 2.75) is 38.3 Å². The Kier molecular flexibility index (Phi) is 3.92. The average Bonchev–Trinajstić information content (AvgIpc) is 2.51. The molecule has 0 aromatic heterocycles. The summed E-state index contributed by atoms with van der Waals surface area (Å²) in [5, 5.41) is 3.03. The lowest BCUT2D eigenvalue weighted by molar-refractivity contribution is -0.0539. The summed E-state index contributed by atoms with van der Waals surface area (Å²) in [6.07, 6.45) is 4.05. The molecule has 1 aromatic carbocycles. The number of rotatable bonds is 3. The molecule has 1 saturated carbocycles. The topological polar surface area (TPSA) is 47.6 Å². The molecule has 1 aliphatic carbocycles. The van der Waals surface area contributed by atoms with Crippen LogP contribution in [-0.2, 0) is 16.1 Å². The van der Waals surface area contributed by atoms with Crippen LogP contribution in [-0.4, -0.2) is 25.3 Å². The molecule has 1 unspecified atom stereocenters. The summed E-state index contributed by atoms with van der Waals surface area (Å²) in [6, 6.07) is 10.0. The molecule has 1 spiro atoms. The number of carbonyl (C=O) groups excluding carboxylic acids is 1. The van der Waals surface area contributed by atoms with E-state index in [1.54, 1.807) is 0 Å². The van der Waals surface area contributed by atoms with Crippen molar-refractivity contribution in [3.8, 4) is 0 Å². The Labute approximate surface area is 119 Å². The maximum Gasteiger partial charge on any atom is 0.407 e. The minimum absolute atomic E-state index is 0.259. The highest BCUT2D eigenvalue weighted by molar-refractivity contribution is 5.68. The molecule has 1 saturated heterocycles. The molecule has 108 valence electrons. The number of ether oxygens (including phenoxy) is 2. The zero-order valence-corrected chi connectivity index (χ0v) is 11.6. The van der Waals surface area contributed by atoms with Gasteiger partial charge in [-0.2, -0.15) is 0 Å². The molecule has 1 aliphatic heterocycles. The Bertz CT molecular complexity index is 454. The summed E-state index contributed by atoms with van der Waals surface area (Å²) in [5.74, 6) is 0. The van der Waals surface area contributed by atoms with Crippen LogP contribution in [0.4, 0.5) is 4.79 Å². The SMILES string of the molecule is O=C(NC1CCC12CCOCC2)OCc1ccccc1. The lowest BCUT2D eigenvalue weighted by Crippen LogP contribution is -2.57. The Morgan fingerprint density at radius 2 is 2.00 bits per heavy atom. The predicted molar refractivity (Wildman–Crippen MR) is 75.3 cm³/mol. The molecule has 4 heteroatoms. The number of nitrogens with one attached hydrogen (secondary N) is 1. The fourth-order valence-corrected chi connectivity index (χ4v) is 3.21. The average molecular weight is 275 g/mol. The Hall–Kier alpha value is -1.55. The Morgan fingerprint density at radius 1 is 1.25 bits per heavy atom. The second-order valence-corrected chi connectivity index (χ2v) is 5.77. The van der Waals surface area contributed by atoms with Crippen LogP contribution in [0.3, 0.4) is 0 Å². The van der Waals surface area contributed by atoms with Gasteiger partial charge in [-0.15, -0.1) is 0 Å². The molecule has 4 nitrogen and oxygen atoms in total. The molecule has 2 aliphatic rings. The second-order valence-electron chi connectivity index (χ2n) is 5.77. The third-order valence-corrected chi connectivity index (χ3v) is 4.66. The van der Waals surface area contributed by atoms with Gasteiger partial charge < -0.3 is 14.8 Å². The van der Waals surface area contributed by atoms with Crippen LogP contribution in [0.5, 0.6) is 0 Å². The first-order chi connectivity index (χ1) is 9.78. The number of hydrogen-bond acceptors (Lipinski definition) is 3. The van der Waals surface area contributed by atoms with Gasteiger partial charge in [-0.25, -0.2) is 4.79 Å². The van der Waals surface area contributed by atoms with Crippen LogP contribution < -0.4 is 5.32 Å². The van der Waals surface area contributed by atoms with E-state index in [0.29, 0.717) is 6.61 Å². The van der Waals surface area contributed by atoms with E-state index in [2.05, 4.69) is 5.32 Å². The molecule has 1 atom stereocenters. The van der Waals surface area contributed by atoms with Crippen molar-refractivity contribution in [3.63, 3.8) is 0 Å². The van der Waals surface area contributed by atoms with Gasteiger partial charge in [0.1, 0.15) is 6.61 Å². The number of benzene rings is 1. The zero-order chi connectivity index (χ0) is 13.8. The van der Waals surface area contributed by atoms with E-state index in [9.17, 15) is 4.79 Å². The second kappa shape index (κ2) is 5.83. The van der Waals surface area contributed by atoms with Crippen LogP contribution in [0, 0.1) is 5.41 Å². The van der Waals surface area contributed by atoms with Crippen LogP contribution in [0.15, 0.2) is 30.3 Å². The highest BCUT2D eigenvalue weighted by atomic mass is 16.5.